The van der Waals surface area contributed by atoms with Crippen molar-refractivity contribution in [3.8, 4) is 0 Å². The summed E-state index contributed by atoms with van der Waals surface area (Å²) in [6.45, 7) is 8.34. The fraction of sp³-hybridized carbons (Fsp3) is 0.556. The number of carbonyl (C=O) groups excluding carboxylic acids is 1. The first-order valence-electron chi connectivity index (χ1n) is 8.54. The van der Waals surface area contributed by atoms with Crippen molar-refractivity contribution < 1.29 is 9.53 Å². The topological polar surface area (TPSA) is 80.0 Å². The fourth-order valence-electron chi connectivity index (χ4n) is 2.87. The van der Waals surface area contributed by atoms with E-state index in [0.29, 0.717) is 32.2 Å². The average Bonchev–Trinajstić information content (AvgIpc) is 2.55. The van der Waals surface area contributed by atoms with Crippen LogP contribution >= 0.6 is 0 Å². The van der Waals surface area contributed by atoms with E-state index in [1.807, 2.05) is 6.92 Å². The van der Waals surface area contributed by atoms with Gasteiger partial charge in [0.25, 0.3) is 0 Å². The van der Waals surface area contributed by atoms with Crippen LogP contribution in [0.1, 0.15) is 36.5 Å². The number of piperidine rings is 1. The molecule has 24 heavy (non-hydrogen) atoms. The van der Waals surface area contributed by atoms with E-state index in [9.17, 15) is 4.79 Å². The van der Waals surface area contributed by atoms with E-state index in [1.165, 1.54) is 16.7 Å². The van der Waals surface area contributed by atoms with Gasteiger partial charge in [0, 0.05) is 19.1 Å². The highest BCUT2D eigenvalue weighted by atomic mass is 16.6. The lowest BCUT2D eigenvalue weighted by Crippen LogP contribution is -2.48. The molecule has 1 fully saturated rings. The van der Waals surface area contributed by atoms with E-state index in [0.717, 1.165) is 12.8 Å². The lowest BCUT2D eigenvalue weighted by atomic mass is 10.1. The second-order valence-electron chi connectivity index (χ2n) is 6.24. The summed E-state index contributed by atoms with van der Waals surface area (Å²) in [5.41, 5.74) is 9.67. The molecule has 1 heterocycles. The lowest BCUT2D eigenvalue weighted by Gasteiger charge is -2.31. The zero-order chi connectivity index (χ0) is 17.5. The molecule has 0 spiro atoms. The third-order valence-corrected chi connectivity index (χ3v) is 4.29. The smallest absolute Gasteiger partial charge is 0.409 e. The van der Waals surface area contributed by atoms with Gasteiger partial charge in [-0.05, 0) is 44.7 Å². The van der Waals surface area contributed by atoms with Gasteiger partial charge < -0.3 is 20.7 Å². The molecular formula is C18H28N4O2. The van der Waals surface area contributed by atoms with Crippen LogP contribution in [0.2, 0.25) is 0 Å². The van der Waals surface area contributed by atoms with Crippen LogP contribution in [0.5, 0.6) is 0 Å². The van der Waals surface area contributed by atoms with Gasteiger partial charge in [-0.15, -0.1) is 0 Å². The van der Waals surface area contributed by atoms with Gasteiger partial charge in [-0.2, -0.15) is 0 Å². The number of aliphatic imine (C=N–C) groups is 1. The number of guanidine groups is 1. The molecule has 0 unspecified atom stereocenters. The fourth-order valence-corrected chi connectivity index (χ4v) is 2.87. The van der Waals surface area contributed by atoms with Gasteiger partial charge >= 0.3 is 6.09 Å². The van der Waals surface area contributed by atoms with Crippen LogP contribution in [0.4, 0.5) is 4.79 Å². The zero-order valence-electron chi connectivity index (χ0n) is 14.8. The monoisotopic (exact) mass is 332 g/mol. The minimum absolute atomic E-state index is 0.229. The highest BCUT2D eigenvalue weighted by Gasteiger charge is 2.23. The van der Waals surface area contributed by atoms with Crippen LogP contribution in [-0.4, -0.2) is 42.7 Å². The Morgan fingerprint density at radius 1 is 1.38 bits per heavy atom. The van der Waals surface area contributed by atoms with Crippen molar-refractivity contribution in [1.82, 2.24) is 10.2 Å². The Balaban J connectivity index is 1.80. The summed E-state index contributed by atoms with van der Waals surface area (Å²) in [4.78, 5) is 17.9. The van der Waals surface area contributed by atoms with Gasteiger partial charge in [0.05, 0.1) is 13.2 Å². The van der Waals surface area contributed by atoms with Crippen LogP contribution in [0.3, 0.4) is 0 Å². The second kappa shape index (κ2) is 8.57. The molecule has 132 valence electrons. The van der Waals surface area contributed by atoms with Gasteiger partial charge in [0.2, 0.25) is 0 Å². The summed E-state index contributed by atoms with van der Waals surface area (Å²) in [5.74, 6) is 0.463. The molecule has 1 aliphatic heterocycles. The number of nitrogens with two attached hydrogens (primary N) is 1. The Morgan fingerprint density at radius 2 is 2.08 bits per heavy atom. The van der Waals surface area contributed by atoms with E-state index in [1.54, 1.807) is 4.90 Å². The van der Waals surface area contributed by atoms with Crippen molar-refractivity contribution in [2.24, 2.45) is 10.7 Å². The van der Waals surface area contributed by atoms with E-state index in [2.05, 4.69) is 42.4 Å². The molecule has 1 aromatic rings. The molecule has 0 atom stereocenters. The van der Waals surface area contributed by atoms with Crippen molar-refractivity contribution in [3.05, 3.63) is 34.9 Å². The number of carbonyl (C=O) groups is 1. The zero-order valence-corrected chi connectivity index (χ0v) is 14.8. The third-order valence-electron chi connectivity index (χ3n) is 4.29. The summed E-state index contributed by atoms with van der Waals surface area (Å²) in [6.07, 6.45) is 1.46. The highest BCUT2D eigenvalue weighted by Crippen LogP contribution is 2.13. The summed E-state index contributed by atoms with van der Waals surface area (Å²) in [7, 11) is 0. The Morgan fingerprint density at radius 3 is 2.71 bits per heavy atom. The van der Waals surface area contributed by atoms with E-state index >= 15 is 0 Å². The second-order valence-corrected chi connectivity index (χ2v) is 6.24. The number of nitrogens with one attached hydrogen (secondary N) is 1. The Hall–Kier alpha value is -2.24. The largest absolute Gasteiger partial charge is 0.450 e. The molecule has 0 bridgehead atoms. The maximum absolute atomic E-state index is 11.7. The minimum Gasteiger partial charge on any atom is -0.450 e. The summed E-state index contributed by atoms with van der Waals surface area (Å²) in [5, 5.41) is 3.26. The predicted molar refractivity (Wildman–Crippen MR) is 96.0 cm³/mol. The Kier molecular flexibility index (Phi) is 6.46. The molecule has 6 heteroatoms. The van der Waals surface area contributed by atoms with E-state index in [4.69, 9.17) is 10.5 Å². The molecule has 1 aromatic carbocycles. The van der Waals surface area contributed by atoms with Crippen molar-refractivity contribution in [1.29, 1.82) is 0 Å². The number of benzene rings is 1. The van der Waals surface area contributed by atoms with Crippen LogP contribution in [0, 0.1) is 13.8 Å². The highest BCUT2D eigenvalue weighted by molar-refractivity contribution is 5.78. The summed E-state index contributed by atoms with van der Waals surface area (Å²) in [6, 6.07) is 6.59. The minimum atomic E-state index is -0.229. The molecule has 0 radical (unpaired) electrons. The lowest BCUT2D eigenvalue weighted by molar-refractivity contribution is 0.0963. The first-order valence-corrected chi connectivity index (χ1v) is 8.54. The molecule has 0 aromatic heterocycles. The number of rotatable bonds is 4. The number of aryl methyl sites for hydroxylation is 2. The van der Waals surface area contributed by atoms with Crippen LogP contribution in [-0.2, 0) is 11.3 Å². The number of likely N-dealkylation sites (tertiary alicyclic amines) is 1. The van der Waals surface area contributed by atoms with Crippen LogP contribution < -0.4 is 11.1 Å². The van der Waals surface area contributed by atoms with Crippen molar-refractivity contribution in [3.63, 3.8) is 0 Å². The predicted octanol–water partition coefficient (Wildman–Crippen LogP) is 2.33. The van der Waals surface area contributed by atoms with E-state index < -0.39 is 0 Å². The first-order chi connectivity index (χ1) is 11.5. The maximum atomic E-state index is 11.7. The van der Waals surface area contributed by atoms with Crippen molar-refractivity contribution >= 4 is 12.1 Å². The molecule has 1 aliphatic rings. The molecular weight excluding hydrogens is 304 g/mol. The molecule has 2 rings (SSSR count). The number of nitrogens with zero attached hydrogens (tertiary/aromatic N) is 2. The first kappa shape index (κ1) is 18.1. The standard InChI is InChI=1S/C18H28N4O2/c1-4-24-18(23)22-9-7-16(8-10-22)21-17(19)20-12-15-6-5-13(2)11-14(15)3/h5-6,11,16H,4,7-10,12H2,1-3H3,(H3,19,20,21). The molecule has 0 aliphatic carbocycles. The molecule has 3 N–H and O–H groups in total. The SMILES string of the molecule is CCOC(=O)N1CCC(NC(N)=NCc2ccc(C)cc2C)CC1. The molecule has 1 amide bonds. The molecule has 0 saturated carbocycles. The average molecular weight is 332 g/mol. The van der Waals surface area contributed by atoms with Gasteiger partial charge in [-0.25, -0.2) is 9.79 Å². The summed E-state index contributed by atoms with van der Waals surface area (Å²) >= 11 is 0. The van der Waals surface area contributed by atoms with Crippen LogP contribution in [0.15, 0.2) is 23.2 Å². The normalized spacial score (nSPS) is 16.1. The number of ether oxygens (including phenoxy) is 1. The van der Waals surface area contributed by atoms with Crippen LogP contribution in [0.25, 0.3) is 0 Å². The quantitative estimate of drug-likeness (QED) is 0.655. The third kappa shape index (κ3) is 5.15. The van der Waals surface area contributed by atoms with Gasteiger partial charge in [0.1, 0.15) is 0 Å². The maximum Gasteiger partial charge on any atom is 0.409 e. The Labute approximate surface area is 144 Å². The number of hydrogen-bond donors (Lipinski definition) is 2. The number of amides is 1. The Bertz CT molecular complexity index is 593. The molecule has 1 saturated heterocycles. The van der Waals surface area contributed by atoms with Gasteiger partial charge in [0.15, 0.2) is 5.96 Å². The number of hydrogen-bond acceptors (Lipinski definition) is 3. The summed E-state index contributed by atoms with van der Waals surface area (Å²) < 4.78 is 5.02. The van der Waals surface area contributed by atoms with Gasteiger partial charge in [-0.1, -0.05) is 23.8 Å². The van der Waals surface area contributed by atoms with Crippen molar-refractivity contribution in [2.45, 2.75) is 46.2 Å². The van der Waals surface area contributed by atoms with E-state index in [-0.39, 0.29) is 12.1 Å². The molecule has 6 nitrogen and oxygen atoms in total. The van der Waals surface area contributed by atoms with Crippen molar-refractivity contribution in [2.75, 3.05) is 19.7 Å². The van der Waals surface area contributed by atoms with Gasteiger partial charge in [-0.3, -0.25) is 0 Å².